The highest BCUT2D eigenvalue weighted by atomic mass is 19.4. The van der Waals surface area contributed by atoms with Crippen molar-refractivity contribution in [3.63, 3.8) is 0 Å². The van der Waals surface area contributed by atoms with Gasteiger partial charge in [-0.25, -0.2) is 4.79 Å². The first-order chi connectivity index (χ1) is 12.0. The lowest BCUT2D eigenvalue weighted by Gasteiger charge is -2.14. The number of hydrogen-bond donors (Lipinski definition) is 4. The number of nitrogens with one attached hydrogen (secondary N) is 2. The maximum Gasteiger partial charge on any atom is 0.417 e. The van der Waals surface area contributed by atoms with E-state index in [1.54, 1.807) is 5.32 Å². The Labute approximate surface area is 145 Å². The molecule has 0 aliphatic heterocycles. The van der Waals surface area contributed by atoms with Crippen LogP contribution in [0.1, 0.15) is 42.1 Å². The van der Waals surface area contributed by atoms with Crippen molar-refractivity contribution in [2.24, 2.45) is 0 Å². The van der Waals surface area contributed by atoms with Crippen LogP contribution in [0.5, 0.6) is 11.5 Å². The van der Waals surface area contributed by atoms with Crippen LogP contribution in [0.25, 0.3) is 0 Å². The highest BCUT2D eigenvalue weighted by Gasteiger charge is 2.43. The van der Waals surface area contributed by atoms with Crippen molar-refractivity contribution >= 4 is 17.6 Å². The molecule has 1 aromatic carbocycles. The fourth-order valence-corrected chi connectivity index (χ4v) is 2.06. The molecule has 0 fully saturated rings. The molecule has 0 bridgehead atoms. The first kappa shape index (κ1) is 21.0. The van der Waals surface area contributed by atoms with E-state index < -0.39 is 51.4 Å². The van der Waals surface area contributed by atoms with Crippen molar-refractivity contribution < 1.29 is 37.9 Å². The van der Waals surface area contributed by atoms with E-state index in [1.165, 1.54) is 0 Å². The second-order valence-corrected chi connectivity index (χ2v) is 5.19. The molecule has 0 saturated carbocycles. The van der Waals surface area contributed by atoms with Gasteiger partial charge in [0, 0.05) is 6.54 Å². The quantitative estimate of drug-likeness (QED) is 0.259. The summed E-state index contributed by atoms with van der Waals surface area (Å²) in [4.78, 5) is 33.1. The van der Waals surface area contributed by atoms with E-state index in [2.05, 4.69) is 5.32 Å². The van der Waals surface area contributed by atoms with Gasteiger partial charge in [-0.1, -0.05) is 19.8 Å². The zero-order chi connectivity index (χ0) is 20.1. The molecule has 0 aliphatic carbocycles. The fraction of sp³-hybridized carbons (Fsp3) is 0.429. The van der Waals surface area contributed by atoms with Crippen molar-refractivity contribution in [3.8, 4) is 11.5 Å². The van der Waals surface area contributed by atoms with Gasteiger partial charge in [-0.15, -0.1) is 0 Å². The Morgan fingerprint density at radius 3 is 2.38 bits per heavy atom. The van der Waals surface area contributed by atoms with Crippen molar-refractivity contribution in [1.82, 2.24) is 10.6 Å². The first-order valence-corrected chi connectivity index (χ1v) is 7.40. The molecule has 1 aromatic rings. The minimum Gasteiger partial charge on any atom is -0.504 e. The highest BCUT2D eigenvalue weighted by Crippen LogP contribution is 2.45. The highest BCUT2D eigenvalue weighted by molar-refractivity contribution is 6.08. The van der Waals surface area contributed by atoms with Crippen molar-refractivity contribution in [2.75, 3.05) is 6.54 Å². The largest absolute Gasteiger partial charge is 0.504 e. The van der Waals surface area contributed by atoms with Crippen LogP contribution in [0, 0.1) is 10.1 Å². The Morgan fingerprint density at radius 1 is 1.27 bits per heavy atom. The number of phenols is 2. The van der Waals surface area contributed by atoms with Gasteiger partial charge in [-0.3, -0.25) is 20.2 Å². The van der Waals surface area contributed by atoms with Crippen LogP contribution in [0.2, 0.25) is 0 Å². The van der Waals surface area contributed by atoms with E-state index in [0.717, 1.165) is 12.8 Å². The maximum atomic E-state index is 13.1. The van der Waals surface area contributed by atoms with E-state index in [-0.39, 0.29) is 12.6 Å². The van der Waals surface area contributed by atoms with Gasteiger partial charge >= 0.3 is 17.9 Å². The lowest BCUT2D eigenvalue weighted by molar-refractivity contribution is -0.386. The number of carbonyl (C=O) groups is 2. The third-order valence-corrected chi connectivity index (χ3v) is 3.26. The predicted octanol–water partition coefficient (Wildman–Crippen LogP) is 2.65. The zero-order valence-corrected chi connectivity index (χ0v) is 13.5. The molecule has 12 heteroatoms. The average Bonchev–Trinajstić information content (AvgIpc) is 2.52. The smallest absolute Gasteiger partial charge is 0.417 e. The molecular weight excluding hydrogens is 363 g/mol. The Kier molecular flexibility index (Phi) is 6.75. The van der Waals surface area contributed by atoms with Gasteiger partial charge in [-0.2, -0.15) is 13.2 Å². The van der Waals surface area contributed by atoms with Crippen molar-refractivity contribution in [2.45, 2.75) is 32.4 Å². The number of rotatable bonds is 6. The predicted molar refractivity (Wildman–Crippen MR) is 81.8 cm³/mol. The SMILES string of the molecule is CCCCCNC(=O)NC(=O)c1c(C(F)(F)F)cc(O)c(O)c1[N+](=O)[O-]. The third kappa shape index (κ3) is 4.97. The number of alkyl halides is 3. The van der Waals surface area contributed by atoms with Gasteiger partial charge < -0.3 is 15.5 Å². The van der Waals surface area contributed by atoms with Gasteiger partial charge in [0.1, 0.15) is 5.56 Å². The summed E-state index contributed by atoms with van der Waals surface area (Å²) in [5.74, 6) is -4.69. The van der Waals surface area contributed by atoms with E-state index in [0.29, 0.717) is 6.42 Å². The van der Waals surface area contributed by atoms with Crippen LogP contribution in [-0.2, 0) is 6.18 Å². The minimum absolute atomic E-state index is 0.0313. The number of aromatic hydroxyl groups is 2. The second-order valence-electron chi connectivity index (χ2n) is 5.19. The molecule has 26 heavy (non-hydrogen) atoms. The van der Waals surface area contributed by atoms with Gasteiger partial charge in [0.15, 0.2) is 5.75 Å². The normalized spacial score (nSPS) is 11.1. The van der Waals surface area contributed by atoms with E-state index >= 15 is 0 Å². The number of urea groups is 1. The lowest BCUT2D eigenvalue weighted by Crippen LogP contribution is -2.40. The Morgan fingerprint density at radius 2 is 1.88 bits per heavy atom. The summed E-state index contributed by atoms with van der Waals surface area (Å²) in [5, 5.41) is 33.5. The Hall–Kier alpha value is -3.05. The first-order valence-electron chi connectivity index (χ1n) is 7.40. The summed E-state index contributed by atoms with van der Waals surface area (Å²) in [6.45, 7) is 2.04. The lowest BCUT2D eigenvalue weighted by atomic mass is 10.0. The van der Waals surface area contributed by atoms with Crippen molar-refractivity contribution in [3.05, 3.63) is 27.3 Å². The van der Waals surface area contributed by atoms with E-state index in [1.807, 2.05) is 6.92 Å². The molecule has 0 aromatic heterocycles. The molecule has 4 N–H and O–H groups in total. The van der Waals surface area contributed by atoms with Gasteiger partial charge in [0.2, 0.25) is 5.75 Å². The number of hydrogen-bond acceptors (Lipinski definition) is 6. The molecule has 3 amide bonds. The van der Waals surface area contributed by atoms with Crippen LogP contribution >= 0.6 is 0 Å². The van der Waals surface area contributed by atoms with Crippen LogP contribution in [0.3, 0.4) is 0 Å². The monoisotopic (exact) mass is 379 g/mol. The zero-order valence-electron chi connectivity index (χ0n) is 13.5. The fourth-order valence-electron chi connectivity index (χ4n) is 2.06. The van der Waals surface area contributed by atoms with Gasteiger partial charge in [0.05, 0.1) is 10.5 Å². The summed E-state index contributed by atoms with van der Waals surface area (Å²) in [5.41, 5.74) is -5.11. The second kappa shape index (κ2) is 8.36. The van der Waals surface area contributed by atoms with Gasteiger partial charge in [0.25, 0.3) is 5.91 Å². The molecular formula is C14H16F3N3O6. The number of nitro groups is 1. The molecule has 144 valence electrons. The number of halogens is 3. The molecule has 0 saturated heterocycles. The van der Waals surface area contributed by atoms with Crippen molar-refractivity contribution in [1.29, 1.82) is 0 Å². The minimum atomic E-state index is -5.26. The van der Waals surface area contributed by atoms with Crippen LogP contribution in [-0.4, -0.2) is 33.6 Å². The Balaban J connectivity index is 3.24. The molecule has 0 radical (unpaired) electrons. The number of carbonyl (C=O) groups excluding carboxylic acids is 2. The van der Waals surface area contributed by atoms with Crippen LogP contribution < -0.4 is 10.6 Å². The molecule has 0 spiro atoms. The Bertz CT molecular complexity index is 721. The number of unbranched alkanes of at least 4 members (excludes halogenated alkanes) is 2. The summed E-state index contributed by atoms with van der Waals surface area (Å²) >= 11 is 0. The number of imide groups is 1. The summed E-state index contributed by atoms with van der Waals surface area (Å²) in [6.07, 6.45) is -3.09. The van der Waals surface area contributed by atoms with E-state index in [9.17, 15) is 43.1 Å². The molecule has 0 heterocycles. The van der Waals surface area contributed by atoms with Crippen LogP contribution in [0.4, 0.5) is 23.7 Å². The standard InChI is InChI=1S/C14H16F3N3O6/c1-2-3-4-5-18-13(24)19-12(23)9-7(14(15,16)17)6-8(21)11(22)10(9)20(25)26/h6,21-22H,2-5H2,1H3,(H2,18,19,23,24). The number of nitrogens with zero attached hydrogens (tertiary/aromatic N) is 1. The average molecular weight is 379 g/mol. The number of benzene rings is 1. The summed E-state index contributed by atoms with van der Waals surface area (Å²) in [6, 6.07) is -1.18. The molecule has 9 nitrogen and oxygen atoms in total. The molecule has 1 rings (SSSR count). The van der Waals surface area contributed by atoms with Crippen LogP contribution in [0.15, 0.2) is 6.07 Å². The number of amides is 3. The molecule has 0 aliphatic rings. The molecule has 0 unspecified atom stereocenters. The molecule has 0 atom stereocenters. The number of phenolic OH excluding ortho intramolecular Hbond substituents is 2. The van der Waals surface area contributed by atoms with Gasteiger partial charge in [-0.05, 0) is 12.5 Å². The summed E-state index contributed by atoms with van der Waals surface area (Å²) in [7, 11) is 0. The topological polar surface area (TPSA) is 142 Å². The summed E-state index contributed by atoms with van der Waals surface area (Å²) < 4.78 is 39.3. The van der Waals surface area contributed by atoms with E-state index in [4.69, 9.17) is 0 Å². The third-order valence-electron chi connectivity index (χ3n) is 3.26. The number of nitro benzene ring substituents is 1. The maximum absolute atomic E-state index is 13.1.